The van der Waals surface area contributed by atoms with Crippen LogP contribution in [0.1, 0.15) is 44.4 Å². The fourth-order valence-electron chi connectivity index (χ4n) is 3.46. The topological polar surface area (TPSA) is 61.4 Å². The molecular formula is C22H27N3O2. The molecule has 1 saturated heterocycles. The molecule has 1 unspecified atom stereocenters. The number of hydrogen-bond donors (Lipinski definition) is 2. The van der Waals surface area contributed by atoms with E-state index in [2.05, 4.69) is 10.6 Å². The molecule has 5 nitrogen and oxygen atoms in total. The second-order valence-corrected chi connectivity index (χ2v) is 7.95. The molecule has 1 fully saturated rings. The van der Waals surface area contributed by atoms with Crippen molar-refractivity contribution >= 4 is 11.9 Å². The summed E-state index contributed by atoms with van der Waals surface area (Å²) in [7, 11) is 0. The third kappa shape index (κ3) is 4.67. The Balaban J connectivity index is 1.70. The standard InChI is InChI=1S/C22H27N3O2/c1-22(2,3)25-15-18(14-19(25)26)23-21(27)24-20(16-10-6-4-7-11-16)17-12-8-5-9-13-17/h4-13,18,20H,14-15H2,1-3H3,(H2,23,24,27). The van der Waals surface area contributed by atoms with E-state index >= 15 is 0 Å². The molecule has 142 valence electrons. The van der Waals surface area contributed by atoms with Crippen molar-refractivity contribution in [3.63, 3.8) is 0 Å². The van der Waals surface area contributed by atoms with Crippen LogP contribution in [0, 0.1) is 0 Å². The van der Waals surface area contributed by atoms with Gasteiger partial charge in [0, 0.05) is 18.5 Å². The number of amides is 3. The summed E-state index contributed by atoms with van der Waals surface area (Å²) in [6.45, 7) is 6.56. The Hall–Kier alpha value is -2.82. The monoisotopic (exact) mass is 365 g/mol. The summed E-state index contributed by atoms with van der Waals surface area (Å²) in [5.41, 5.74) is 1.79. The van der Waals surface area contributed by atoms with Crippen LogP contribution in [0.3, 0.4) is 0 Å². The van der Waals surface area contributed by atoms with E-state index < -0.39 is 0 Å². The molecule has 3 rings (SSSR count). The minimum absolute atomic E-state index is 0.0791. The first-order chi connectivity index (χ1) is 12.8. The quantitative estimate of drug-likeness (QED) is 0.871. The van der Waals surface area contributed by atoms with E-state index in [1.165, 1.54) is 0 Å². The van der Waals surface area contributed by atoms with Crippen LogP contribution in [-0.2, 0) is 4.79 Å². The van der Waals surface area contributed by atoms with Crippen molar-refractivity contribution < 1.29 is 9.59 Å². The highest BCUT2D eigenvalue weighted by molar-refractivity contribution is 5.82. The lowest BCUT2D eigenvalue weighted by Crippen LogP contribution is -2.47. The summed E-state index contributed by atoms with van der Waals surface area (Å²) in [5, 5.41) is 6.03. The number of benzene rings is 2. The molecule has 2 aromatic carbocycles. The van der Waals surface area contributed by atoms with Gasteiger partial charge >= 0.3 is 6.03 Å². The second kappa shape index (κ2) is 7.82. The molecule has 0 bridgehead atoms. The Morgan fingerprint density at radius 3 is 1.96 bits per heavy atom. The largest absolute Gasteiger partial charge is 0.336 e. The molecule has 0 aliphatic carbocycles. The van der Waals surface area contributed by atoms with Gasteiger partial charge in [-0.3, -0.25) is 4.79 Å². The zero-order chi connectivity index (χ0) is 19.4. The summed E-state index contributed by atoms with van der Waals surface area (Å²) in [6, 6.07) is 19.1. The van der Waals surface area contributed by atoms with Crippen LogP contribution < -0.4 is 10.6 Å². The van der Waals surface area contributed by atoms with Crippen LogP contribution in [0.25, 0.3) is 0 Å². The molecule has 1 atom stereocenters. The van der Waals surface area contributed by atoms with Crippen LogP contribution in [-0.4, -0.2) is 35.0 Å². The molecule has 0 aromatic heterocycles. The summed E-state index contributed by atoms with van der Waals surface area (Å²) in [4.78, 5) is 26.7. The van der Waals surface area contributed by atoms with Gasteiger partial charge in [0.25, 0.3) is 0 Å². The van der Waals surface area contributed by atoms with Gasteiger partial charge in [-0.05, 0) is 31.9 Å². The first-order valence-electron chi connectivity index (χ1n) is 9.32. The van der Waals surface area contributed by atoms with Crippen molar-refractivity contribution in [1.82, 2.24) is 15.5 Å². The first-order valence-corrected chi connectivity index (χ1v) is 9.32. The average molecular weight is 365 g/mol. The number of likely N-dealkylation sites (tertiary alicyclic amines) is 1. The molecule has 0 radical (unpaired) electrons. The van der Waals surface area contributed by atoms with Gasteiger partial charge in [-0.25, -0.2) is 4.79 Å². The fraction of sp³-hybridized carbons (Fsp3) is 0.364. The lowest BCUT2D eigenvalue weighted by atomic mass is 9.99. The summed E-state index contributed by atoms with van der Waals surface area (Å²) in [5.74, 6) is 0.0791. The zero-order valence-corrected chi connectivity index (χ0v) is 16.1. The minimum atomic E-state index is -0.263. The lowest BCUT2D eigenvalue weighted by Gasteiger charge is -2.32. The van der Waals surface area contributed by atoms with Gasteiger partial charge in [-0.1, -0.05) is 60.7 Å². The number of carbonyl (C=O) groups is 2. The molecule has 5 heteroatoms. The normalized spacial score (nSPS) is 17.3. The predicted molar refractivity (Wildman–Crippen MR) is 106 cm³/mol. The van der Waals surface area contributed by atoms with Crippen molar-refractivity contribution in [2.75, 3.05) is 6.54 Å². The smallest absolute Gasteiger partial charge is 0.315 e. The van der Waals surface area contributed by atoms with Gasteiger partial charge in [0.15, 0.2) is 0 Å². The van der Waals surface area contributed by atoms with Gasteiger partial charge in [-0.2, -0.15) is 0 Å². The number of rotatable bonds is 4. The van der Waals surface area contributed by atoms with Crippen molar-refractivity contribution in [2.24, 2.45) is 0 Å². The Bertz CT molecular complexity index is 745. The predicted octanol–water partition coefficient (Wildman–Crippen LogP) is 3.47. The molecular weight excluding hydrogens is 338 g/mol. The van der Waals surface area contributed by atoms with E-state index in [-0.39, 0.29) is 29.6 Å². The van der Waals surface area contributed by atoms with Gasteiger partial charge in [-0.15, -0.1) is 0 Å². The molecule has 1 heterocycles. The maximum atomic E-state index is 12.7. The molecule has 27 heavy (non-hydrogen) atoms. The van der Waals surface area contributed by atoms with E-state index in [0.29, 0.717) is 13.0 Å². The van der Waals surface area contributed by atoms with Crippen LogP contribution in [0.2, 0.25) is 0 Å². The molecule has 1 aliphatic heterocycles. The number of nitrogens with one attached hydrogen (secondary N) is 2. The van der Waals surface area contributed by atoms with Crippen LogP contribution in [0.4, 0.5) is 4.79 Å². The molecule has 3 amide bonds. The highest BCUT2D eigenvalue weighted by Crippen LogP contribution is 2.23. The Morgan fingerprint density at radius 1 is 1.00 bits per heavy atom. The average Bonchev–Trinajstić information content (AvgIpc) is 3.01. The SMILES string of the molecule is CC(C)(C)N1CC(NC(=O)NC(c2ccccc2)c2ccccc2)CC1=O. The van der Waals surface area contributed by atoms with Gasteiger partial charge < -0.3 is 15.5 Å². The van der Waals surface area contributed by atoms with Crippen LogP contribution in [0.5, 0.6) is 0 Å². The van der Waals surface area contributed by atoms with E-state index in [9.17, 15) is 9.59 Å². The van der Waals surface area contributed by atoms with E-state index in [1.807, 2.05) is 86.3 Å². The maximum Gasteiger partial charge on any atom is 0.315 e. The Labute approximate surface area is 160 Å². The summed E-state index contributed by atoms with van der Waals surface area (Å²) >= 11 is 0. The first kappa shape index (κ1) is 19.0. The highest BCUT2D eigenvalue weighted by Gasteiger charge is 2.37. The Kier molecular flexibility index (Phi) is 5.49. The van der Waals surface area contributed by atoms with Crippen molar-refractivity contribution in [3.05, 3.63) is 71.8 Å². The van der Waals surface area contributed by atoms with Gasteiger partial charge in [0.1, 0.15) is 0 Å². The van der Waals surface area contributed by atoms with E-state index in [4.69, 9.17) is 0 Å². The number of nitrogens with zero attached hydrogens (tertiary/aromatic N) is 1. The third-order valence-corrected chi connectivity index (χ3v) is 4.81. The number of hydrogen-bond acceptors (Lipinski definition) is 2. The van der Waals surface area contributed by atoms with Gasteiger partial charge in [0.2, 0.25) is 5.91 Å². The molecule has 1 aliphatic rings. The van der Waals surface area contributed by atoms with Gasteiger partial charge in [0.05, 0.1) is 12.1 Å². The number of carbonyl (C=O) groups excluding carboxylic acids is 2. The lowest BCUT2D eigenvalue weighted by molar-refractivity contribution is -0.131. The van der Waals surface area contributed by atoms with Crippen LogP contribution >= 0.6 is 0 Å². The molecule has 2 N–H and O–H groups in total. The molecule has 0 spiro atoms. The number of urea groups is 1. The summed E-state index contributed by atoms with van der Waals surface area (Å²) < 4.78 is 0. The van der Waals surface area contributed by atoms with Crippen molar-refractivity contribution in [2.45, 2.75) is 44.8 Å². The molecule has 0 saturated carbocycles. The molecule has 2 aromatic rings. The minimum Gasteiger partial charge on any atom is -0.336 e. The van der Waals surface area contributed by atoms with Crippen molar-refractivity contribution in [1.29, 1.82) is 0 Å². The maximum absolute atomic E-state index is 12.7. The fourth-order valence-corrected chi connectivity index (χ4v) is 3.46. The zero-order valence-electron chi connectivity index (χ0n) is 16.1. The third-order valence-electron chi connectivity index (χ3n) is 4.81. The van der Waals surface area contributed by atoms with E-state index in [1.54, 1.807) is 0 Å². The summed E-state index contributed by atoms with van der Waals surface area (Å²) in [6.07, 6.45) is 0.339. The second-order valence-electron chi connectivity index (χ2n) is 7.95. The Morgan fingerprint density at radius 2 is 1.52 bits per heavy atom. The van der Waals surface area contributed by atoms with E-state index in [0.717, 1.165) is 11.1 Å². The van der Waals surface area contributed by atoms with Crippen LogP contribution in [0.15, 0.2) is 60.7 Å². The van der Waals surface area contributed by atoms with Crippen molar-refractivity contribution in [3.8, 4) is 0 Å². The highest BCUT2D eigenvalue weighted by atomic mass is 16.2.